The minimum absolute atomic E-state index is 0.133. The molecule has 0 atom stereocenters. The molecule has 35 heavy (non-hydrogen) atoms. The number of para-hydroxylation sites is 2. The van der Waals surface area contributed by atoms with Gasteiger partial charge in [-0.15, -0.1) is 0 Å². The Hall–Kier alpha value is -4.38. The first-order valence-corrected chi connectivity index (χ1v) is 11.7. The predicted molar refractivity (Wildman–Crippen MR) is 137 cm³/mol. The van der Waals surface area contributed by atoms with Crippen molar-refractivity contribution in [2.24, 2.45) is 0 Å². The summed E-state index contributed by atoms with van der Waals surface area (Å²) in [6.45, 7) is 1.20. The highest BCUT2D eigenvalue weighted by Crippen LogP contribution is 2.26. The van der Waals surface area contributed by atoms with Crippen LogP contribution in [0.15, 0.2) is 103 Å². The molecule has 0 saturated heterocycles. The molecule has 0 fully saturated rings. The fraction of sp³-hybridized carbons (Fsp3) is 0.133. The van der Waals surface area contributed by atoms with Crippen molar-refractivity contribution in [1.82, 2.24) is 9.55 Å². The number of fused-ring (bicyclic) bond motifs is 1. The van der Waals surface area contributed by atoms with Gasteiger partial charge in [-0.2, -0.15) is 0 Å². The Kier molecular flexibility index (Phi) is 6.57. The summed E-state index contributed by atoms with van der Waals surface area (Å²) >= 11 is 0. The van der Waals surface area contributed by atoms with Gasteiger partial charge >= 0.3 is 5.97 Å². The van der Waals surface area contributed by atoms with Gasteiger partial charge in [0.2, 0.25) is 0 Å². The topological polar surface area (TPSA) is 64.3 Å². The van der Waals surface area contributed by atoms with Crippen LogP contribution in [0, 0.1) is 0 Å². The number of imidazole rings is 1. The first kappa shape index (κ1) is 22.4. The van der Waals surface area contributed by atoms with Gasteiger partial charge in [0.25, 0.3) is 0 Å². The smallest absolute Gasteiger partial charge is 0.303 e. The van der Waals surface area contributed by atoms with E-state index >= 15 is 0 Å². The first-order valence-electron chi connectivity index (χ1n) is 11.7. The highest BCUT2D eigenvalue weighted by atomic mass is 16.5. The highest BCUT2D eigenvalue weighted by Gasteiger charge is 2.12. The Labute approximate surface area is 204 Å². The van der Waals surface area contributed by atoms with Crippen LogP contribution in [0.1, 0.15) is 23.1 Å². The molecule has 1 aromatic heterocycles. The molecule has 0 amide bonds. The maximum atomic E-state index is 10.7. The van der Waals surface area contributed by atoms with E-state index in [4.69, 9.17) is 14.8 Å². The minimum Gasteiger partial charge on any atom is -0.489 e. The molecule has 174 valence electrons. The standard InChI is InChI=1S/C30H26N2O3/c33-29(34)19-16-22-14-17-26(18-15-22)35-21-24-12-10-23(11-13-24)20-32-28-9-5-4-8-27(28)31-30(32)25-6-2-1-3-7-25/h1-15,17-18H,16,19-21H2,(H,33,34). The van der Waals surface area contributed by atoms with Gasteiger partial charge in [0.05, 0.1) is 11.0 Å². The van der Waals surface area contributed by atoms with Crippen LogP contribution in [-0.4, -0.2) is 20.6 Å². The molecule has 0 saturated carbocycles. The molecule has 5 nitrogen and oxygen atoms in total. The van der Waals surface area contributed by atoms with Crippen LogP contribution in [-0.2, 0) is 24.4 Å². The fourth-order valence-electron chi connectivity index (χ4n) is 4.14. The van der Waals surface area contributed by atoms with Crippen molar-refractivity contribution in [3.8, 4) is 17.1 Å². The summed E-state index contributed by atoms with van der Waals surface area (Å²) < 4.78 is 8.19. The van der Waals surface area contributed by atoms with Gasteiger partial charge in [-0.05, 0) is 47.4 Å². The normalized spacial score (nSPS) is 11.0. The number of carboxylic acid groups (broad SMARTS) is 1. The maximum Gasteiger partial charge on any atom is 0.303 e. The van der Waals surface area contributed by atoms with Gasteiger partial charge in [-0.1, -0.05) is 78.9 Å². The molecule has 0 bridgehead atoms. The lowest BCUT2D eigenvalue weighted by Crippen LogP contribution is -2.03. The number of aliphatic carboxylic acids is 1. The van der Waals surface area contributed by atoms with Crippen molar-refractivity contribution in [3.05, 3.63) is 120 Å². The van der Waals surface area contributed by atoms with Crippen molar-refractivity contribution >= 4 is 17.0 Å². The van der Waals surface area contributed by atoms with E-state index in [1.807, 2.05) is 48.5 Å². The number of carboxylic acids is 1. The van der Waals surface area contributed by atoms with Gasteiger partial charge in [-0.3, -0.25) is 4.79 Å². The molecular formula is C30H26N2O3. The third-order valence-corrected chi connectivity index (χ3v) is 6.01. The van der Waals surface area contributed by atoms with Crippen molar-refractivity contribution < 1.29 is 14.6 Å². The third-order valence-electron chi connectivity index (χ3n) is 6.01. The molecule has 0 spiro atoms. The summed E-state index contributed by atoms with van der Waals surface area (Å²) in [5.41, 5.74) is 6.48. The zero-order chi connectivity index (χ0) is 24.0. The maximum absolute atomic E-state index is 10.7. The van der Waals surface area contributed by atoms with Crippen LogP contribution in [0.25, 0.3) is 22.4 Å². The summed E-state index contributed by atoms with van der Waals surface area (Å²) in [7, 11) is 0. The van der Waals surface area contributed by atoms with E-state index in [0.29, 0.717) is 13.0 Å². The Bertz CT molecular complexity index is 1420. The van der Waals surface area contributed by atoms with Crippen molar-refractivity contribution in [2.45, 2.75) is 26.0 Å². The van der Waals surface area contributed by atoms with E-state index < -0.39 is 5.97 Å². The van der Waals surface area contributed by atoms with Gasteiger partial charge < -0.3 is 14.4 Å². The Balaban J connectivity index is 1.27. The summed E-state index contributed by atoms with van der Waals surface area (Å²) in [6, 6.07) is 34.6. The minimum atomic E-state index is -0.786. The lowest BCUT2D eigenvalue weighted by atomic mass is 10.1. The van der Waals surface area contributed by atoms with Crippen molar-refractivity contribution in [2.75, 3.05) is 0 Å². The number of aromatic nitrogens is 2. The molecular weight excluding hydrogens is 436 g/mol. The second kappa shape index (κ2) is 10.3. The molecule has 1 N–H and O–H groups in total. The number of aryl methyl sites for hydroxylation is 1. The van der Waals surface area contributed by atoms with Crippen molar-refractivity contribution in [1.29, 1.82) is 0 Å². The van der Waals surface area contributed by atoms with E-state index in [9.17, 15) is 4.79 Å². The molecule has 5 aromatic rings. The molecule has 0 aliphatic heterocycles. The quantitative estimate of drug-likeness (QED) is 0.277. The summed E-state index contributed by atoms with van der Waals surface area (Å²) in [6.07, 6.45) is 0.656. The SMILES string of the molecule is O=C(O)CCc1ccc(OCc2ccc(Cn3c(-c4ccccc4)nc4ccccc43)cc2)cc1. The fourth-order valence-corrected chi connectivity index (χ4v) is 4.14. The number of ether oxygens (including phenoxy) is 1. The van der Waals surface area contributed by atoms with Crippen molar-refractivity contribution in [3.63, 3.8) is 0 Å². The van der Waals surface area contributed by atoms with E-state index in [1.165, 1.54) is 5.56 Å². The number of benzene rings is 4. The van der Waals surface area contributed by atoms with Crippen LogP contribution in [0.3, 0.4) is 0 Å². The Morgan fingerprint density at radius 3 is 2.17 bits per heavy atom. The Morgan fingerprint density at radius 1 is 0.771 bits per heavy atom. The average Bonchev–Trinajstić information content (AvgIpc) is 3.26. The second-order valence-corrected chi connectivity index (χ2v) is 8.52. The summed E-state index contributed by atoms with van der Waals surface area (Å²) in [5, 5.41) is 8.81. The molecule has 0 radical (unpaired) electrons. The molecule has 5 heteroatoms. The summed E-state index contributed by atoms with van der Waals surface area (Å²) in [5.74, 6) is 0.947. The van der Waals surface area contributed by atoms with E-state index in [2.05, 4.69) is 59.2 Å². The molecule has 4 aromatic carbocycles. The van der Waals surface area contributed by atoms with E-state index in [0.717, 1.165) is 45.8 Å². The highest BCUT2D eigenvalue weighted by molar-refractivity contribution is 5.80. The summed E-state index contributed by atoms with van der Waals surface area (Å²) in [4.78, 5) is 15.6. The predicted octanol–water partition coefficient (Wildman–Crippen LogP) is 6.35. The largest absolute Gasteiger partial charge is 0.489 e. The number of hydrogen-bond acceptors (Lipinski definition) is 3. The van der Waals surface area contributed by atoms with Gasteiger partial charge in [0.15, 0.2) is 0 Å². The average molecular weight is 463 g/mol. The molecule has 0 aliphatic rings. The second-order valence-electron chi connectivity index (χ2n) is 8.52. The molecule has 1 heterocycles. The third kappa shape index (κ3) is 5.41. The molecule has 5 rings (SSSR count). The van der Waals surface area contributed by atoms with Gasteiger partial charge in [-0.25, -0.2) is 4.98 Å². The number of carbonyl (C=O) groups is 1. The zero-order valence-electron chi connectivity index (χ0n) is 19.3. The van der Waals surface area contributed by atoms with Crippen LogP contribution < -0.4 is 4.74 Å². The van der Waals surface area contributed by atoms with E-state index in [1.54, 1.807) is 0 Å². The number of nitrogens with zero attached hydrogens (tertiary/aromatic N) is 2. The van der Waals surface area contributed by atoms with Crippen LogP contribution in [0.4, 0.5) is 0 Å². The molecule has 0 aliphatic carbocycles. The Morgan fingerprint density at radius 2 is 1.43 bits per heavy atom. The zero-order valence-corrected chi connectivity index (χ0v) is 19.3. The van der Waals surface area contributed by atoms with Crippen LogP contribution in [0.5, 0.6) is 5.75 Å². The van der Waals surface area contributed by atoms with Crippen LogP contribution in [0.2, 0.25) is 0 Å². The number of rotatable bonds is 9. The number of hydrogen-bond donors (Lipinski definition) is 1. The van der Waals surface area contributed by atoms with E-state index in [-0.39, 0.29) is 6.42 Å². The lowest BCUT2D eigenvalue weighted by Gasteiger charge is -2.11. The first-order chi connectivity index (χ1) is 17.2. The lowest BCUT2D eigenvalue weighted by molar-refractivity contribution is -0.136. The van der Waals surface area contributed by atoms with Crippen LogP contribution >= 0.6 is 0 Å². The van der Waals surface area contributed by atoms with Gasteiger partial charge in [0, 0.05) is 18.5 Å². The van der Waals surface area contributed by atoms with Gasteiger partial charge in [0.1, 0.15) is 18.2 Å². The molecule has 0 unspecified atom stereocenters. The monoisotopic (exact) mass is 462 g/mol.